The molecular weight excluding hydrogens is 188 g/mol. The van der Waals surface area contributed by atoms with Crippen LogP contribution in [0.4, 0.5) is 0 Å². The number of pyridine rings is 1. The topological polar surface area (TPSA) is 34.5 Å². The summed E-state index contributed by atoms with van der Waals surface area (Å²) in [6, 6.07) is 5.81. The first-order valence-electron chi connectivity index (χ1n) is 5.38. The molecule has 82 valence electrons. The van der Waals surface area contributed by atoms with Gasteiger partial charge in [-0.3, -0.25) is 4.98 Å². The van der Waals surface area contributed by atoms with Crippen molar-refractivity contribution in [3.05, 3.63) is 30.1 Å². The maximum atomic E-state index is 5.18. The maximum absolute atomic E-state index is 5.18. The lowest BCUT2D eigenvalue weighted by atomic mass is 10.1. The van der Waals surface area contributed by atoms with Crippen molar-refractivity contribution in [2.24, 2.45) is 5.16 Å². The van der Waals surface area contributed by atoms with Gasteiger partial charge in [-0.15, -0.1) is 0 Å². The zero-order valence-electron chi connectivity index (χ0n) is 9.60. The van der Waals surface area contributed by atoms with Crippen LogP contribution in [0, 0.1) is 0 Å². The van der Waals surface area contributed by atoms with Crippen molar-refractivity contribution in [2.75, 3.05) is 0 Å². The number of oxime groups is 1. The molecule has 0 radical (unpaired) electrons. The van der Waals surface area contributed by atoms with E-state index in [9.17, 15) is 0 Å². The Hall–Kier alpha value is -1.38. The normalized spacial score (nSPS) is 18.6. The second kappa shape index (κ2) is 6.17. The van der Waals surface area contributed by atoms with Crippen LogP contribution < -0.4 is 0 Å². The van der Waals surface area contributed by atoms with Crippen molar-refractivity contribution in [1.29, 1.82) is 0 Å². The number of hydrogen-bond acceptors (Lipinski definition) is 3. The molecule has 0 aliphatic carbocycles. The summed E-state index contributed by atoms with van der Waals surface area (Å²) < 4.78 is 0. The molecule has 0 amide bonds. The van der Waals surface area contributed by atoms with Gasteiger partial charge >= 0.3 is 0 Å². The molecule has 0 fully saturated rings. The lowest BCUT2D eigenvalue weighted by molar-refractivity contribution is 0.0826. The predicted molar refractivity (Wildman–Crippen MR) is 61.8 cm³/mol. The lowest BCUT2D eigenvalue weighted by Gasteiger charge is -2.05. The van der Waals surface area contributed by atoms with Crippen LogP contribution in [0.2, 0.25) is 0 Å². The van der Waals surface area contributed by atoms with Gasteiger partial charge in [0.2, 0.25) is 0 Å². The second-order valence-electron chi connectivity index (χ2n) is 3.59. The summed E-state index contributed by atoms with van der Waals surface area (Å²) in [5.41, 5.74) is 1.99. The van der Waals surface area contributed by atoms with E-state index in [0.29, 0.717) is 0 Å². The SMILES string of the molecule is CC1=NOC(c2ccccn2)C1.CCC. The summed E-state index contributed by atoms with van der Waals surface area (Å²) in [7, 11) is 0. The van der Waals surface area contributed by atoms with Gasteiger partial charge in [0.15, 0.2) is 6.10 Å². The first-order valence-corrected chi connectivity index (χ1v) is 5.38. The average Bonchev–Trinajstić information content (AvgIpc) is 2.67. The van der Waals surface area contributed by atoms with E-state index in [1.165, 1.54) is 6.42 Å². The van der Waals surface area contributed by atoms with Gasteiger partial charge in [0.1, 0.15) is 0 Å². The summed E-state index contributed by atoms with van der Waals surface area (Å²) in [5, 5.41) is 3.87. The zero-order valence-corrected chi connectivity index (χ0v) is 9.60. The standard InChI is InChI=1S/C9H10N2O.C3H8/c1-7-6-9(12-11-7)8-4-2-3-5-10-8;1-3-2/h2-5,9H,6H2,1H3;3H2,1-2H3. The number of nitrogens with zero attached hydrogens (tertiary/aromatic N) is 2. The highest BCUT2D eigenvalue weighted by Gasteiger charge is 2.20. The average molecular weight is 206 g/mol. The minimum absolute atomic E-state index is 0.0335. The Morgan fingerprint density at radius 3 is 2.60 bits per heavy atom. The molecule has 0 aromatic carbocycles. The Morgan fingerprint density at radius 1 is 1.40 bits per heavy atom. The molecule has 0 bridgehead atoms. The largest absolute Gasteiger partial charge is 0.386 e. The molecule has 1 aromatic heterocycles. The van der Waals surface area contributed by atoms with E-state index in [-0.39, 0.29) is 6.10 Å². The van der Waals surface area contributed by atoms with Crippen molar-refractivity contribution in [1.82, 2.24) is 4.98 Å². The van der Waals surface area contributed by atoms with Gasteiger partial charge in [0.25, 0.3) is 0 Å². The summed E-state index contributed by atoms with van der Waals surface area (Å²) >= 11 is 0. The first-order chi connectivity index (χ1) is 7.27. The smallest absolute Gasteiger partial charge is 0.174 e. The molecule has 3 nitrogen and oxygen atoms in total. The summed E-state index contributed by atoms with van der Waals surface area (Å²) in [5.74, 6) is 0. The van der Waals surface area contributed by atoms with Gasteiger partial charge in [-0.1, -0.05) is 31.5 Å². The van der Waals surface area contributed by atoms with Crippen molar-refractivity contribution < 1.29 is 4.84 Å². The lowest BCUT2D eigenvalue weighted by Crippen LogP contribution is -1.99. The molecule has 0 saturated heterocycles. The van der Waals surface area contributed by atoms with E-state index < -0.39 is 0 Å². The third-order valence-electron chi connectivity index (χ3n) is 1.83. The molecule has 1 unspecified atom stereocenters. The third kappa shape index (κ3) is 3.70. The second-order valence-corrected chi connectivity index (χ2v) is 3.59. The molecule has 1 aliphatic heterocycles. The van der Waals surface area contributed by atoms with Crippen molar-refractivity contribution in [3.8, 4) is 0 Å². The Kier molecular flexibility index (Phi) is 4.81. The number of aromatic nitrogens is 1. The Morgan fingerprint density at radius 2 is 2.13 bits per heavy atom. The van der Waals surface area contributed by atoms with Gasteiger partial charge in [-0.05, 0) is 19.1 Å². The Labute approximate surface area is 91.2 Å². The highest BCUT2D eigenvalue weighted by Crippen LogP contribution is 2.24. The Balaban J connectivity index is 0.000000337. The van der Waals surface area contributed by atoms with E-state index in [1.807, 2.05) is 25.1 Å². The molecule has 1 atom stereocenters. The fraction of sp³-hybridized carbons (Fsp3) is 0.500. The van der Waals surface area contributed by atoms with Gasteiger partial charge in [0.05, 0.1) is 11.4 Å². The molecule has 0 N–H and O–H groups in total. The highest BCUT2D eigenvalue weighted by molar-refractivity contribution is 5.82. The third-order valence-corrected chi connectivity index (χ3v) is 1.83. The van der Waals surface area contributed by atoms with E-state index in [4.69, 9.17) is 4.84 Å². The predicted octanol–water partition coefficient (Wildman–Crippen LogP) is 3.34. The van der Waals surface area contributed by atoms with E-state index in [2.05, 4.69) is 24.0 Å². The van der Waals surface area contributed by atoms with Crippen LogP contribution in [0.15, 0.2) is 29.6 Å². The fourth-order valence-corrected chi connectivity index (χ4v) is 1.22. The zero-order chi connectivity index (χ0) is 11.1. The van der Waals surface area contributed by atoms with Gasteiger partial charge in [-0.25, -0.2) is 0 Å². The van der Waals surface area contributed by atoms with E-state index in [1.54, 1.807) is 6.20 Å². The minimum atomic E-state index is 0.0335. The molecule has 3 heteroatoms. The number of hydrogen-bond donors (Lipinski definition) is 0. The summed E-state index contributed by atoms with van der Waals surface area (Å²) in [6.45, 7) is 6.21. The molecule has 0 saturated carbocycles. The summed E-state index contributed by atoms with van der Waals surface area (Å²) in [4.78, 5) is 9.37. The molecular formula is C12H18N2O. The molecule has 2 rings (SSSR count). The van der Waals surface area contributed by atoms with Crippen LogP contribution in [-0.4, -0.2) is 10.7 Å². The molecule has 2 heterocycles. The molecule has 0 spiro atoms. The van der Waals surface area contributed by atoms with Gasteiger partial charge in [-0.2, -0.15) is 0 Å². The van der Waals surface area contributed by atoms with Crippen molar-refractivity contribution in [2.45, 2.75) is 39.7 Å². The Bertz CT molecular complexity index is 309. The van der Waals surface area contributed by atoms with Crippen LogP contribution in [0.25, 0.3) is 0 Å². The fourth-order valence-electron chi connectivity index (χ4n) is 1.22. The first kappa shape index (κ1) is 11.7. The quantitative estimate of drug-likeness (QED) is 0.706. The number of rotatable bonds is 1. The van der Waals surface area contributed by atoms with E-state index in [0.717, 1.165) is 17.8 Å². The maximum Gasteiger partial charge on any atom is 0.174 e. The van der Waals surface area contributed by atoms with Crippen LogP contribution in [-0.2, 0) is 4.84 Å². The van der Waals surface area contributed by atoms with E-state index >= 15 is 0 Å². The van der Waals surface area contributed by atoms with Crippen LogP contribution >= 0.6 is 0 Å². The monoisotopic (exact) mass is 206 g/mol. The van der Waals surface area contributed by atoms with Crippen molar-refractivity contribution >= 4 is 5.71 Å². The summed E-state index contributed by atoms with van der Waals surface area (Å²) in [6.07, 6.45) is 3.91. The van der Waals surface area contributed by atoms with Crippen LogP contribution in [0.1, 0.15) is 45.4 Å². The van der Waals surface area contributed by atoms with Crippen LogP contribution in [0.3, 0.4) is 0 Å². The molecule has 1 aromatic rings. The van der Waals surface area contributed by atoms with Crippen LogP contribution in [0.5, 0.6) is 0 Å². The van der Waals surface area contributed by atoms with Gasteiger partial charge in [0, 0.05) is 12.6 Å². The molecule has 15 heavy (non-hydrogen) atoms. The van der Waals surface area contributed by atoms with Crippen molar-refractivity contribution in [3.63, 3.8) is 0 Å². The van der Waals surface area contributed by atoms with Gasteiger partial charge < -0.3 is 4.84 Å². The minimum Gasteiger partial charge on any atom is -0.386 e. The highest BCUT2D eigenvalue weighted by atomic mass is 16.6. The molecule has 1 aliphatic rings.